The molecule has 0 saturated carbocycles. The Morgan fingerprint density at radius 3 is 2.46 bits per heavy atom. The Morgan fingerprint density at radius 2 is 1.69 bits per heavy atom. The third kappa shape index (κ3) is 2.90. The second-order valence-electron chi connectivity index (χ2n) is 5.54. The van der Waals surface area contributed by atoms with Gasteiger partial charge < -0.3 is 5.32 Å². The lowest BCUT2D eigenvalue weighted by Gasteiger charge is -2.14. The number of para-hydroxylation sites is 1. The lowest BCUT2D eigenvalue weighted by atomic mass is 10.2. The molecule has 2 aromatic heterocycles. The molecule has 2 heterocycles. The van der Waals surface area contributed by atoms with E-state index in [1.165, 1.54) is 28.8 Å². The molecule has 1 N–H and O–H groups in total. The number of nitrogens with zero attached hydrogens (tertiary/aromatic N) is 3. The fourth-order valence-corrected chi connectivity index (χ4v) is 2.65. The van der Waals surface area contributed by atoms with Crippen LogP contribution in [0.15, 0.2) is 71.5 Å². The van der Waals surface area contributed by atoms with Crippen LogP contribution in [0.3, 0.4) is 0 Å². The molecule has 2 aromatic carbocycles. The van der Waals surface area contributed by atoms with Gasteiger partial charge in [-0.3, -0.25) is 4.79 Å². The molecular weight excluding hydrogens is 338 g/mol. The van der Waals surface area contributed by atoms with E-state index >= 15 is 0 Å². The van der Waals surface area contributed by atoms with Crippen LogP contribution in [0.2, 0.25) is 0 Å². The van der Waals surface area contributed by atoms with Crippen LogP contribution in [0.25, 0.3) is 16.6 Å². The number of hydrogen-bond donors (Lipinski definition) is 1. The molecule has 5 nitrogen and oxygen atoms in total. The Kier molecular flexibility index (Phi) is 3.89. The molecule has 0 fully saturated rings. The molecule has 4 rings (SSSR count). The minimum absolute atomic E-state index is 0.145. The Bertz CT molecular complexity index is 1160. The smallest absolute Gasteiger partial charge is 0.267 e. The van der Waals surface area contributed by atoms with Crippen molar-refractivity contribution in [3.8, 4) is 5.69 Å². The summed E-state index contributed by atoms with van der Waals surface area (Å²) in [7, 11) is 0. The molecule has 0 saturated heterocycles. The number of rotatable bonds is 3. The maximum absolute atomic E-state index is 13.6. The molecule has 7 heteroatoms. The van der Waals surface area contributed by atoms with Gasteiger partial charge in [-0.1, -0.05) is 24.3 Å². The van der Waals surface area contributed by atoms with Crippen LogP contribution in [0.1, 0.15) is 0 Å². The predicted octanol–water partition coefficient (Wildman–Crippen LogP) is 3.80. The van der Waals surface area contributed by atoms with Crippen molar-refractivity contribution in [3.63, 3.8) is 0 Å². The first-order valence-corrected chi connectivity index (χ1v) is 7.79. The van der Waals surface area contributed by atoms with Gasteiger partial charge in [0, 0.05) is 0 Å². The van der Waals surface area contributed by atoms with Crippen LogP contribution in [-0.2, 0) is 0 Å². The van der Waals surface area contributed by atoms with Crippen molar-refractivity contribution >= 4 is 22.7 Å². The molecule has 0 spiro atoms. The average molecular weight is 350 g/mol. The van der Waals surface area contributed by atoms with Crippen LogP contribution in [0.5, 0.6) is 0 Å². The van der Waals surface area contributed by atoms with E-state index in [9.17, 15) is 13.6 Å². The van der Waals surface area contributed by atoms with Crippen LogP contribution >= 0.6 is 0 Å². The van der Waals surface area contributed by atoms with E-state index in [2.05, 4.69) is 15.3 Å². The van der Waals surface area contributed by atoms with Gasteiger partial charge in [0.2, 0.25) is 11.9 Å². The summed E-state index contributed by atoms with van der Waals surface area (Å²) < 4.78 is 28.3. The maximum atomic E-state index is 13.6. The number of benzene rings is 2. The minimum Gasteiger partial charge on any atom is -0.310 e. The first-order chi connectivity index (χ1) is 12.6. The Hall–Kier alpha value is -3.61. The first-order valence-electron chi connectivity index (χ1n) is 7.79. The number of hydrogen-bond acceptors (Lipinski definition) is 4. The van der Waals surface area contributed by atoms with Crippen molar-refractivity contribution in [2.75, 3.05) is 5.32 Å². The summed E-state index contributed by atoms with van der Waals surface area (Å²) in [5.41, 5.74) is 0.414. The van der Waals surface area contributed by atoms with Gasteiger partial charge in [0.05, 0.1) is 16.6 Å². The van der Waals surface area contributed by atoms with Gasteiger partial charge in [-0.2, -0.15) is 4.39 Å². The van der Waals surface area contributed by atoms with E-state index < -0.39 is 17.3 Å². The topological polar surface area (TPSA) is 59.8 Å². The third-order valence-electron chi connectivity index (χ3n) is 3.80. The summed E-state index contributed by atoms with van der Waals surface area (Å²) in [4.78, 5) is 21.1. The van der Waals surface area contributed by atoms with Gasteiger partial charge in [0.15, 0.2) is 0 Å². The van der Waals surface area contributed by atoms with E-state index in [0.717, 1.165) is 6.07 Å². The highest BCUT2D eigenvalue weighted by Crippen LogP contribution is 2.19. The maximum Gasteiger partial charge on any atom is 0.267 e. The lowest BCUT2D eigenvalue weighted by molar-refractivity contribution is 0.585. The highest BCUT2D eigenvalue weighted by atomic mass is 19.1. The second kappa shape index (κ2) is 6.36. The number of pyridine rings is 1. The molecule has 128 valence electrons. The molecular formula is C19H12F2N4O. The summed E-state index contributed by atoms with van der Waals surface area (Å²) in [6.45, 7) is 0. The Labute approximate surface area is 146 Å². The second-order valence-corrected chi connectivity index (χ2v) is 5.54. The fourth-order valence-electron chi connectivity index (χ4n) is 2.65. The van der Waals surface area contributed by atoms with E-state index in [0.29, 0.717) is 11.2 Å². The molecule has 26 heavy (non-hydrogen) atoms. The molecule has 0 aliphatic rings. The third-order valence-corrected chi connectivity index (χ3v) is 3.80. The zero-order chi connectivity index (χ0) is 18.1. The van der Waals surface area contributed by atoms with E-state index in [-0.39, 0.29) is 17.2 Å². The van der Waals surface area contributed by atoms with Crippen LogP contribution < -0.4 is 10.9 Å². The fraction of sp³-hybridized carbons (Fsp3) is 0. The van der Waals surface area contributed by atoms with Crippen molar-refractivity contribution in [2.24, 2.45) is 0 Å². The van der Waals surface area contributed by atoms with Crippen molar-refractivity contribution in [1.29, 1.82) is 0 Å². The zero-order valence-corrected chi connectivity index (χ0v) is 13.4. The Morgan fingerprint density at radius 1 is 0.885 bits per heavy atom. The standard InChI is InChI=1S/C19H12F2N4O/c20-12-9-10-15-14(11-12)18(26)25(13-5-2-1-3-6-13)19(22-15)24-17-8-4-7-16(21)23-17/h1-11H,(H,22,23,24). The Balaban J connectivity index is 1.98. The van der Waals surface area contributed by atoms with Gasteiger partial charge >= 0.3 is 0 Å². The lowest BCUT2D eigenvalue weighted by Crippen LogP contribution is -2.23. The zero-order valence-electron chi connectivity index (χ0n) is 13.4. The quantitative estimate of drug-likeness (QED) is 0.571. The van der Waals surface area contributed by atoms with Crippen molar-refractivity contribution in [1.82, 2.24) is 14.5 Å². The number of fused-ring (bicyclic) bond motifs is 1. The van der Waals surface area contributed by atoms with Crippen LogP contribution in [0.4, 0.5) is 20.5 Å². The summed E-state index contributed by atoms with van der Waals surface area (Å²) in [6, 6.07) is 16.8. The van der Waals surface area contributed by atoms with Crippen molar-refractivity contribution in [3.05, 3.63) is 88.8 Å². The first kappa shape index (κ1) is 15.9. The highest BCUT2D eigenvalue weighted by Gasteiger charge is 2.14. The van der Waals surface area contributed by atoms with Crippen LogP contribution in [-0.4, -0.2) is 14.5 Å². The number of anilines is 2. The summed E-state index contributed by atoms with van der Waals surface area (Å²) in [5.74, 6) is -0.837. The molecule has 0 aliphatic heterocycles. The molecule has 0 aliphatic carbocycles. The normalized spacial score (nSPS) is 10.8. The van der Waals surface area contributed by atoms with E-state index in [4.69, 9.17) is 0 Å². The van der Waals surface area contributed by atoms with Crippen molar-refractivity contribution in [2.45, 2.75) is 0 Å². The van der Waals surface area contributed by atoms with E-state index in [1.54, 1.807) is 30.3 Å². The SMILES string of the molecule is O=c1c2cc(F)ccc2nc(Nc2cccc(F)n2)n1-c1ccccc1. The largest absolute Gasteiger partial charge is 0.310 e. The summed E-state index contributed by atoms with van der Waals surface area (Å²) in [6.07, 6.45) is 0. The monoisotopic (exact) mass is 350 g/mol. The molecule has 0 radical (unpaired) electrons. The predicted molar refractivity (Wildman–Crippen MR) is 94.8 cm³/mol. The number of nitrogens with one attached hydrogen (secondary N) is 1. The van der Waals surface area contributed by atoms with Gasteiger partial charge in [-0.15, -0.1) is 0 Å². The van der Waals surface area contributed by atoms with Crippen molar-refractivity contribution < 1.29 is 8.78 Å². The van der Waals surface area contributed by atoms with E-state index in [1.807, 2.05) is 6.07 Å². The molecule has 0 amide bonds. The summed E-state index contributed by atoms with van der Waals surface area (Å²) >= 11 is 0. The molecule has 0 bridgehead atoms. The summed E-state index contributed by atoms with van der Waals surface area (Å²) in [5, 5.41) is 3.01. The molecule has 0 unspecified atom stereocenters. The highest BCUT2D eigenvalue weighted by molar-refractivity contribution is 5.80. The van der Waals surface area contributed by atoms with Gasteiger partial charge in [0.1, 0.15) is 11.6 Å². The van der Waals surface area contributed by atoms with Gasteiger partial charge in [-0.05, 0) is 42.5 Å². The number of aromatic nitrogens is 3. The van der Waals surface area contributed by atoms with Gasteiger partial charge in [-0.25, -0.2) is 18.9 Å². The molecule has 0 atom stereocenters. The number of halogens is 2. The minimum atomic E-state index is -0.661. The van der Waals surface area contributed by atoms with Gasteiger partial charge in [0.25, 0.3) is 5.56 Å². The van der Waals surface area contributed by atoms with Crippen LogP contribution in [0, 0.1) is 11.8 Å². The average Bonchev–Trinajstić information content (AvgIpc) is 2.63. The molecule has 4 aromatic rings.